The van der Waals surface area contributed by atoms with Gasteiger partial charge in [0, 0.05) is 26.2 Å². The van der Waals surface area contributed by atoms with E-state index < -0.39 is 0 Å². The van der Waals surface area contributed by atoms with Gasteiger partial charge in [0.25, 0.3) is 5.91 Å². The van der Waals surface area contributed by atoms with Crippen molar-refractivity contribution in [2.24, 2.45) is 0 Å². The van der Waals surface area contributed by atoms with Crippen molar-refractivity contribution in [3.05, 3.63) is 52.6 Å². The fourth-order valence-corrected chi connectivity index (χ4v) is 4.41. The molecule has 1 saturated heterocycles. The first-order chi connectivity index (χ1) is 13.2. The second-order valence-electron chi connectivity index (χ2n) is 7.47. The molecule has 27 heavy (non-hydrogen) atoms. The Morgan fingerprint density at radius 2 is 2.11 bits per heavy atom. The zero-order chi connectivity index (χ0) is 18.8. The van der Waals surface area contributed by atoms with Crippen LogP contribution in [0.1, 0.15) is 53.0 Å². The molecule has 1 atom stereocenters. The molecule has 1 aromatic carbocycles. The Labute approximate surface area is 159 Å². The lowest BCUT2D eigenvalue weighted by Crippen LogP contribution is -2.38. The predicted molar refractivity (Wildman–Crippen MR) is 100 cm³/mol. The maximum atomic E-state index is 14.1. The highest BCUT2D eigenvalue weighted by molar-refractivity contribution is 5.97. The second kappa shape index (κ2) is 7.80. The van der Waals surface area contributed by atoms with Gasteiger partial charge in [-0.05, 0) is 50.2 Å². The highest BCUT2D eigenvalue weighted by Crippen LogP contribution is 2.29. The van der Waals surface area contributed by atoms with E-state index in [2.05, 4.69) is 5.10 Å². The van der Waals surface area contributed by atoms with Gasteiger partial charge in [0.05, 0.1) is 17.9 Å². The Balaban J connectivity index is 1.62. The normalized spacial score (nSPS) is 19.3. The van der Waals surface area contributed by atoms with Crippen molar-refractivity contribution in [2.45, 2.75) is 57.7 Å². The highest BCUT2D eigenvalue weighted by atomic mass is 19.1. The Morgan fingerprint density at radius 1 is 1.26 bits per heavy atom. The van der Waals surface area contributed by atoms with Crippen LogP contribution >= 0.6 is 0 Å². The lowest BCUT2D eigenvalue weighted by molar-refractivity contribution is 0.0729. The van der Waals surface area contributed by atoms with Crippen molar-refractivity contribution in [1.29, 1.82) is 0 Å². The van der Waals surface area contributed by atoms with Crippen LogP contribution in [0.3, 0.4) is 0 Å². The molecule has 0 radical (unpaired) electrons. The maximum absolute atomic E-state index is 14.1. The first-order valence-electron chi connectivity index (χ1n) is 9.81. The molecule has 144 valence electrons. The standard InChI is InChI=1S/C21H26FN3O2/c1-27-14-18-20(19-10-4-5-12-25(19)23-18)21(26)24-11-6-8-16(24)13-15-7-2-3-9-17(15)22/h2-3,7,9,16H,4-6,8,10-14H2,1H3. The average Bonchev–Trinajstić information content (AvgIpc) is 3.27. The van der Waals surface area contributed by atoms with Crippen molar-refractivity contribution in [3.63, 3.8) is 0 Å². The Hall–Kier alpha value is -2.21. The van der Waals surface area contributed by atoms with Crippen LogP contribution in [0.4, 0.5) is 4.39 Å². The van der Waals surface area contributed by atoms with E-state index in [-0.39, 0.29) is 17.8 Å². The number of amides is 1. The molecule has 5 nitrogen and oxygen atoms in total. The van der Waals surface area contributed by atoms with Gasteiger partial charge in [-0.2, -0.15) is 5.10 Å². The number of methoxy groups -OCH3 is 1. The number of ether oxygens (including phenoxy) is 1. The molecule has 6 heteroatoms. The van der Waals surface area contributed by atoms with Crippen LogP contribution in [0, 0.1) is 5.82 Å². The number of hydrogen-bond donors (Lipinski definition) is 0. The fraction of sp³-hybridized carbons (Fsp3) is 0.524. The van der Waals surface area contributed by atoms with Crippen LogP contribution in [-0.4, -0.2) is 40.3 Å². The van der Waals surface area contributed by atoms with E-state index in [0.29, 0.717) is 18.6 Å². The fourth-order valence-electron chi connectivity index (χ4n) is 4.41. The number of halogens is 1. The molecule has 2 aromatic rings. The van der Waals surface area contributed by atoms with E-state index in [1.165, 1.54) is 6.07 Å². The van der Waals surface area contributed by atoms with Crippen LogP contribution in [-0.2, 0) is 30.7 Å². The molecule has 0 bridgehead atoms. The van der Waals surface area contributed by atoms with Crippen LogP contribution in [0.2, 0.25) is 0 Å². The Bertz CT molecular complexity index is 833. The van der Waals surface area contributed by atoms with E-state index in [1.54, 1.807) is 13.2 Å². The van der Waals surface area contributed by atoms with Crippen molar-refractivity contribution in [1.82, 2.24) is 14.7 Å². The zero-order valence-electron chi connectivity index (χ0n) is 15.8. The number of benzene rings is 1. The van der Waals surface area contributed by atoms with E-state index in [4.69, 9.17) is 4.74 Å². The number of carbonyl (C=O) groups is 1. The molecule has 1 aromatic heterocycles. The number of aromatic nitrogens is 2. The summed E-state index contributed by atoms with van der Waals surface area (Å²) in [5.74, 6) is -0.163. The Kier molecular flexibility index (Phi) is 5.25. The van der Waals surface area contributed by atoms with Gasteiger partial charge in [0.1, 0.15) is 11.5 Å². The van der Waals surface area contributed by atoms with Crippen LogP contribution in [0.5, 0.6) is 0 Å². The summed E-state index contributed by atoms with van der Waals surface area (Å²) < 4.78 is 21.4. The molecule has 1 fully saturated rings. The molecule has 0 aliphatic carbocycles. The monoisotopic (exact) mass is 371 g/mol. The molecule has 2 aliphatic heterocycles. The number of nitrogens with zero attached hydrogens (tertiary/aromatic N) is 3. The molecule has 0 N–H and O–H groups in total. The number of hydrogen-bond acceptors (Lipinski definition) is 3. The van der Waals surface area contributed by atoms with Gasteiger partial charge in [-0.25, -0.2) is 4.39 Å². The van der Waals surface area contributed by atoms with Gasteiger partial charge in [-0.15, -0.1) is 0 Å². The van der Waals surface area contributed by atoms with Gasteiger partial charge >= 0.3 is 0 Å². The molecule has 0 saturated carbocycles. The topological polar surface area (TPSA) is 47.4 Å². The van der Waals surface area contributed by atoms with E-state index in [1.807, 2.05) is 21.7 Å². The summed E-state index contributed by atoms with van der Waals surface area (Å²) in [6, 6.07) is 6.89. The molecule has 1 amide bonds. The minimum atomic E-state index is -0.195. The highest BCUT2D eigenvalue weighted by Gasteiger charge is 2.34. The molecule has 0 spiro atoms. The number of likely N-dealkylation sites (tertiary alicyclic amines) is 1. The third-order valence-electron chi connectivity index (χ3n) is 5.71. The van der Waals surface area contributed by atoms with E-state index >= 15 is 0 Å². The van der Waals surface area contributed by atoms with Crippen LogP contribution < -0.4 is 0 Å². The first-order valence-corrected chi connectivity index (χ1v) is 9.81. The summed E-state index contributed by atoms with van der Waals surface area (Å²) in [4.78, 5) is 15.4. The molecular weight excluding hydrogens is 345 g/mol. The van der Waals surface area contributed by atoms with Crippen LogP contribution in [0.15, 0.2) is 24.3 Å². The third-order valence-corrected chi connectivity index (χ3v) is 5.71. The largest absolute Gasteiger partial charge is 0.378 e. The van der Waals surface area contributed by atoms with E-state index in [0.717, 1.165) is 62.1 Å². The van der Waals surface area contributed by atoms with Gasteiger partial charge in [-0.3, -0.25) is 9.48 Å². The van der Waals surface area contributed by atoms with Crippen molar-refractivity contribution in [3.8, 4) is 0 Å². The summed E-state index contributed by atoms with van der Waals surface area (Å²) >= 11 is 0. The number of rotatable bonds is 5. The lowest BCUT2D eigenvalue weighted by Gasteiger charge is -2.26. The molecule has 4 rings (SSSR count). The average molecular weight is 371 g/mol. The third kappa shape index (κ3) is 3.50. The number of aryl methyl sites for hydroxylation is 1. The number of fused-ring (bicyclic) bond motifs is 1. The van der Waals surface area contributed by atoms with E-state index in [9.17, 15) is 9.18 Å². The summed E-state index contributed by atoms with van der Waals surface area (Å²) in [6.07, 6.45) is 5.47. The summed E-state index contributed by atoms with van der Waals surface area (Å²) in [7, 11) is 1.63. The predicted octanol–water partition coefficient (Wildman–Crippen LogP) is 3.35. The summed E-state index contributed by atoms with van der Waals surface area (Å²) in [6.45, 7) is 1.92. The lowest BCUT2D eigenvalue weighted by atomic mass is 10.0. The van der Waals surface area contributed by atoms with Gasteiger partial charge in [0.15, 0.2) is 0 Å². The van der Waals surface area contributed by atoms with Crippen LogP contribution in [0.25, 0.3) is 0 Å². The maximum Gasteiger partial charge on any atom is 0.257 e. The smallest absolute Gasteiger partial charge is 0.257 e. The van der Waals surface area contributed by atoms with Crippen molar-refractivity contribution < 1.29 is 13.9 Å². The molecule has 3 heterocycles. The minimum absolute atomic E-state index is 0.0314. The zero-order valence-corrected chi connectivity index (χ0v) is 15.8. The Morgan fingerprint density at radius 3 is 2.93 bits per heavy atom. The summed E-state index contributed by atoms with van der Waals surface area (Å²) in [5, 5.41) is 4.64. The summed E-state index contributed by atoms with van der Waals surface area (Å²) in [5.41, 5.74) is 3.17. The second-order valence-corrected chi connectivity index (χ2v) is 7.47. The quantitative estimate of drug-likeness (QED) is 0.810. The SMILES string of the molecule is COCc1nn2c(c1C(=O)N1CCCC1Cc1ccccc1F)CCCC2. The minimum Gasteiger partial charge on any atom is -0.378 e. The van der Waals surface area contributed by atoms with Gasteiger partial charge < -0.3 is 9.64 Å². The van der Waals surface area contributed by atoms with Crippen molar-refractivity contribution >= 4 is 5.91 Å². The molecule has 1 unspecified atom stereocenters. The van der Waals surface area contributed by atoms with Gasteiger partial charge in [0.2, 0.25) is 0 Å². The van der Waals surface area contributed by atoms with Gasteiger partial charge in [-0.1, -0.05) is 18.2 Å². The first kappa shape index (κ1) is 18.2. The number of carbonyl (C=O) groups excluding carboxylic acids is 1. The van der Waals surface area contributed by atoms with Crippen molar-refractivity contribution in [2.75, 3.05) is 13.7 Å². The molecular formula is C21H26FN3O2. The molecule has 2 aliphatic rings.